The first-order chi connectivity index (χ1) is 9.43. The third-order valence-corrected chi connectivity index (χ3v) is 5.81. The van der Waals surface area contributed by atoms with Crippen LogP contribution in [0.25, 0.3) is 0 Å². The number of hydrogen-bond acceptors (Lipinski definition) is 5. The van der Waals surface area contributed by atoms with Gasteiger partial charge in [0.1, 0.15) is 9.84 Å². The van der Waals surface area contributed by atoms with E-state index in [1.54, 1.807) is 14.2 Å². The van der Waals surface area contributed by atoms with E-state index < -0.39 is 9.84 Å². The Hall–Kier alpha value is -0.170. The van der Waals surface area contributed by atoms with E-state index in [1.807, 2.05) is 0 Å². The quantitative estimate of drug-likeness (QED) is 0.690. The summed E-state index contributed by atoms with van der Waals surface area (Å²) in [6, 6.07) is 0.0505. The molecular weight excluding hydrogens is 278 g/mol. The molecule has 0 radical (unpaired) electrons. The Labute approximate surface area is 123 Å². The van der Waals surface area contributed by atoms with E-state index in [1.165, 1.54) is 6.26 Å². The van der Waals surface area contributed by atoms with Gasteiger partial charge in [-0.05, 0) is 38.1 Å². The van der Waals surface area contributed by atoms with Crippen LogP contribution < -0.4 is 5.32 Å². The first kappa shape index (κ1) is 17.9. The van der Waals surface area contributed by atoms with Crippen molar-refractivity contribution in [3.63, 3.8) is 0 Å². The smallest absolute Gasteiger partial charge is 0.172 e. The van der Waals surface area contributed by atoms with Crippen LogP contribution in [0.5, 0.6) is 0 Å². The first-order valence-corrected chi connectivity index (χ1v) is 9.37. The summed E-state index contributed by atoms with van der Waals surface area (Å²) in [4.78, 5) is 0. The summed E-state index contributed by atoms with van der Waals surface area (Å²) in [5.41, 5.74) is 0. The fraction of sp³-hybridized carbons (Fsp3) is 1.00. The molecule has 1 aliphatic rings. The van der Waals surface area contributed by atoms with Gasteiger partial charge in [-0.1, -0.05) is 13.3 Å². The van der Waals surface area contributed by atoms with Gasteiger partial charge < -0.3 is 14.8 Å². The van der Waals surface area contributed by atoms with Crippen LogP contribution in [0, 0.1) is 5.92 Å². The molecule has 0 aromatic heterocycles. The highest BCUT2D eigenvalue weighted by atomic mass is 32.2. The maximum absolute atomic E-state index is 11.8. The Morgan fingerprint density at radius 2 is 1.90 bits per heavy atom. The van der Waals surface area contributed by atoms with Crippen molar-refractivity contribution in [3.8, 4) is 0 Å². The second kappa shape index (κ2) is 8.32. The van der Waals surface area contributed by atoms with Gasteiger partial charge in [0, 0.05) is 20.5 Å². The van der Waals surface area contributed by atoms with Gasteiger partial charge in [-0.15, -0.1) is 0 Å². The van der Waals surface area contributed by atoms with Crippen LogP contribution in [-0.4, -0.2) is 53.0 Å². The number of nitrogens with one attached hydrogen (secondary N) is 1. The fourth-order valence-electron chi connectivity index (χ4n) is 3.08. The standard InChI is InChI=1S/C14H29NO4S/c1-5-9-15-13(14(18-2)19-3)11-7-6-8-12(10-11)20(4,16)17/h11-15H,5-10H2,1-4H3. The third kappa shape index (κ3) is 4.98. The van der Waals surface area contributed by atoms with Gasteiger partial charge in [-0.25, -0.2) is 8.42 Å². The molecular formula is C14H29NO4S. The van der Waals surface area contributed by atoms with Gasteiger partial charge in [0.15, 0.2) is 6.29 Å². The number of rotatable bonds is 8. The minimum atomic E-state index is -2.96. The second-order valence-corrected chi connectivity index (χ2v) is 8.02. The summed E-state index contributed by atoms with van der Waals surface area (Å²) in [5, 5.41) is 3.25. The van der Waals surface area contributed by atoms with Crippen molar-refractivity contribution in [3.05, 3.63) is 0 Å². The molecule has 3 unspecified atom stereocenters. The zero-order valence-electron chi connectivity index (χ0n) is 13.1. The van der Waals surface area contributed by atoms with Crippen LogP contribution in [0.4, 0.5) is 0 Å². The largest absolute Gasteiger partial charge is 0.354 e. The lowest BCUT2D eigenvalue weighted by Gasteiger charge is -2.37. The lowest BCUT2D eigenvalue weighted by molar-refractivity contribution is -0.135. The van der Waals surface area contributed by atoms with E-state index in [0.29, 0.717) is 6.42 Å². The van der Waals surface area contributed by atoms with Crippen LogP contribution in [0.15, 0.2) is 0 Å². The van der Waals surface area contributed by atoms with Crippen LogP contribution in [-0.2, 0) is 19.3 Å². The zero-order chi connectivity index (χ0) is 15.2. The van der Waals surface area contributed by atoms with Gasteiger partial charge in [-0.3, -0.25) is 0 Å². The van der Waals surface area contributed by atoms with Gasteiger partial charge in [-0.2, -0.15) is 0 Å². The summed E-state index contributed by atoms with van der Waals surface area (Å²) in [6.45, 7) is 2.99. The maximum atomic E-state index is 11.8. The SMILES string of the molecule is CCCNC(C1CCCC(S(C)(=O)=O)C1)C(OC)OC. The topological polar surface area (TPSA) is 64.6 Å². The first-order valence-electron chi connectivity index (χ1n) is 7.41. The molecule has 1 aliphatic carbocycles. The Kier molecular flexibility index (Phi) is 7.43. The highest BCUT2D eigenvalue weighted by Gasteiger charge is 2.36. The molecule has 0 aromatic rings. The summed E-state index contributed by atoms with van der Waals surface area (Å²) in [7, 11) is 0.300. The molecule has 0 amide bonds. The summed E-state index contributed by atoms with van der Waals surface area (Å²) < 4.78 is 34.4. The number of hydrogen-bond donors (Lipinski definition) is 1. The highest BCUT2D eigenvalue weighted by Crippen LogP contribution is 2.32. The molecule has 5 nitrogen and oxygen atoms in total. The van der Waals surface area contributed by atoms with E-state index in [0.717, 1.165) is 32.2 Å². The van der Waals surface area contributed by atoms with E-state index in [2.05, 4.69) is 12.2 Å². The lowest BCUT2D eigenvalue weighted by atomic mass is 9.83. The van der Waals surface area contributed by atoms with E-state index >= 15 is 0 Å². The van der Waals surface area contributed by atoms with Gasteiger partial charge in [0.2, 0.25) is 0 Å². The Balaban J connectivity index is 2.78. The van der Waals surface area contributed by atoms with E-state index in [9.17, 15) is 8.42 Å². The van der Waals surface area contributed by atoms with E-state index in [-0.39, 0.29) is 23.5 Å². The number of sulfone groups is 1. The van der Waals surface area contributed by atoms with Crippen molar-refractivity contribution >= 4 is 9.84 Å². The van der Waals surface area contributed by atoms with Crippen LogP contribution in [0.2, 0.25) is 0 Å². The predicted octanol–water partition coefficient (Wildman–Crippen LogP) is 1.58. The number of ether oxygens (including phenoxy) is 2. The zero-order valence-corrected chi connectivity index (χ0v) is 13.9. The van der Waals surface area contributed by atoms with Crippen LogP contribution >= 0.6 is 0 Å². The van der Waals surface area contributed by atoms with Crippen molar-refractivity contribution in [2.45, 2.75) is 56.6 Å². The Morgan fingerprint density at radius 3 is 2.40 bits per heavy atom. The lowest BCUT2D eigenvalue weighted by Crippen LogP contribution is -2.49. The second-order valence-electron chi connectivity index (χ2n) is 5.70. The van der Waals surface area contributed by atoms with Gasteiger partial charge >= 0.3 is 0 Å². The Bertz CT molecular complexity index is 367. The third-order valence-electron chi connectivity index (χ3n) is 4.17. The molecule has 1 N–H and O–H groups in total. The van der Waals surface area contributed by atoms with Crippen molar-refractivity contribution < 1.29 is 17.9 Å². The molecule has 0 saturated heterocycles. The van der Waals surface area contributed by atoms with Gasteiger partial charge in [0.25, 0.3) is 0 Å². The van der Waals surface area contributed by atoms with Gasteiger partial charge in [0.05, 0.1) is 11.3 Å². The molecule has 0 spiro atoms. The number of methoxy groups -OCH3 is 2. The highest BCUT2D eigenvalue weighted by molar-refractivity contribution is 7.91. The monoisotopic (exact) mass is 307 g/mol. The van der Waals surface area contributed by atoms with Crippen molar-refractivity contribution in [1.29, 1.82) is 0 Å². The summed E-state index contributed by atoms with van der Waals surface area (Å²) >= 11 is 0. The summed E-state index contributed by atoms with van der Waals surface area (Å²) in [5.74, 6) is 0.278. The van der Waals surface area contributed by atoms with E-state index in [4.69, 9.17) is 9.47 Å². The summed E-state index contributed by atoms with van der Waals surface area (Å²) in [6.07, 6.45) is 5.50. The Morgan fingerprint density at radius 1 is 1.25 bits per heavy atom. The van der Waals surface area contributed by atoms with Crippen molar-refractivity contribution in [2.24, 2.45) is 5.92 Å². The average Bonchev–Trinajstić information content (AvgIpc) is 2.42. The molecule has 1 rings (SSSR count). The molecule has 1 saturated carbocycles. The van der Waals surface area contributed by atoms with Crippen LogP contribution in [0.1, 0.15) is 39.0 Å². The average molecular weight is 307 g/mol. The molecule has 0 aromatic carbocycles. The molecule has 3 atom stereocenters. The molecule has 0 aliphatic heterocycles. The molecule has 0 heterocycles. The molecule has 1 fully saturated rings. The fourth-order valence-corrected chi connectivity index (χ4v) is 4.27. The minimum Gasteiger partial charge on any atom is -0.354 e. The van der Waals surface area contributed by atoms with Crippen LogP contribution in [0.3, 0.4) is 0 Å². The van der Waals surface area contributed by atoms with Crippen molar-refractivity contribution in [1.82, 2.24) is 5.32 Å². The normalized spacial score (nSPS) is 25.9. The predicted molar refractivity (Wildman–Crippen MR) is 80.5 cm³/mol. The minimum absolute atomic E-state index is 0.0505. The molecule has 6 heteroatoms. The van der Waals surface area contributed by atoms with Crippen molar-refractivity contribution in [2.75, 3.05) is 27.0 Å². The molecule has 20 heavy (non-hydrogen) atoms. The molecule has 0 bridgehead atoms. The molecule has 120 valence electrons. The maximum Gasteiger partial charge on any atom is 0.172 e.